The Kier molecular flexibility index (Phi) is 3.59. The largest absolute Gasteiger partial charge is 0.495 e. The van der Waals surface area contributed by atoms with Crippen molar-refractivity contribution in [3.8, 4) is 5.75 Å². The highest BCUT2D eigenvalue weighted by Crippen LogP contribution is 2.30. The average molecular weight is 236 g/mol. The van der Waals surface area contributed by atoms with E-state index < -0.39 is 5.60 Å². The number of aromatic nitrogens is 1. The number of alkyl halides is 1. The van der Waals surface area contributed by atoms with E-state index in [-0.39, 0.29) is 5.88 Å². The second-order valence-corrected chi connectivity index (χ2v) is 3.75. The lowest BCUT2D eigenvalue weighted by Crippen LogP contribution is -2.25. The van der Waals surface area contributed by atoms with Crippen LogP contribution in [0.5, 0.6) is 5.75 Å². The third-order valence-corrected chi connectivity index (χ3v) is 2.55. The van der Waals surface area contributed by atoms with Crippen LogP contribution in [0.2, 0.25) is 5.15 Å². The molecule has 0 saturated heterocycles. The maximum absolute atomic E-state index is 9.90. The van der Waals surface area contributed by atoms with Crippen LogP contribution in [-0.4, -0.2) is 23.1 Å². The minimum Gasteiger partial charge on any atom is -0.495 e. The van der Waals surface area contributed by atoms with Crippen molar-refractivity contribution in [1.29, 1.82) is 0 Å². The lowest BCUT2D eigenvalue weighted by Gasteiger charge is -2.21. The van der Waals surface area contributed by atoms with Crippen LogP contribution in [0.25, 0.3) is 0 Å². The van der Waals surface area contributed by atoms with Crippen molar-refractivity contribution in [3.05, 3.63) is 23.0 Å². The van der Waals surface area contributed by atoms with Gasteiger partial charge in [-0.2, -0.15) is 0 Å². The van der Waals surface area contributed by atoms with Crippen LogP contribution < -0.4 is 4.74 Å². The summed E-state index contributed by atoms with van der Waals surface area (Å²) in [4.78, 5) is 3.99. The van der Waals surface area contributed by atoms with E-state index in [0.29, 0.717) is 16.6 Å². The molecule has 5 heteroatoms. The fraction of sp³-hybridized carbons (Fsp3) is 0.444. The molecule has 0 unspecified atom stereocenters. The quantitative estimate of drug-likeness (QED) is 0.646. The van der Waals surface area contributed by atoms with Gasteiger partial charge in [-0.1, -0.05) is 11.6 Å². The number of aliphatic hydroxyl groups is 1. The van der Waals surface area contributed by atoms with E-state index in [1.165, 1.54) is 7.11 Å². The third kappa shape index (κ3) is 2.29. The first-order valence-corrected chi connectivity index (χ1v) is 4.92. The molecule has 0 aliphatic heterocycles. The van der Waals surface area contributed by atoms with Crippen LogP contribution in [0.1, 0.15) is 12.6 Å². The lowest BCUT2D eigenvalue weighted by molar-refractivity contribution is 0.0744. The monoisotopic (exact) mass is 235 g/mol. The molecule has 0 aromatic carbocycles. The highest BCUT2D eigenvalue weighted by Gasteiger charge is 2.27. The zero-order chi connectivity index (χ0) is 10.8. The van der Waals surface area contributed by atoms with E-state index in [9.17, 15) is 5.11 Å². The Labute approximate surface area is 92.6 Å². The van der Waals surface area contributed by atoms with Gasteiger partial charge in [-0.05, 0) is 19.1 Å². The van der Waals surface area contributed by atoms with Gasteiger partial charge in [-0.25, -0.2) is 4.98 Å². The van der Waals surface area contributed by atoms with Crippen LogP contribution in [-0.2, 0) is 5.60 Å². The molecule has 1 N–H and O–H groups in total. The standard InChI is InChI=1S/C9H11Cl2NO2/c1-9(13,5-10)8-6(14-2)3-4-7(11)12-8/h3-4,13H,5H2,1-2H3/t9-/m0/s1. The first-order valence-electron chi connectivity index (χ1n) is 4.00. The van der Waals surface area contributed by atoms with Crippen LogP contribution in [0.3, 0.4) is 0 Å². The van der Waals surface area contributed by atoms with Crippen molar-refractivity contribution in [1.82, 2.24) is 4.98 Å². The van der Waals surface area contributed by atoms with Gasteiger partial charge in [-0.15, -0.1) is 11.6 Å². The normalized spacial score (nSPS) is 14.9. The summed E-state index contributed by atoms with van der Waals surface area (Å²) in [5, 5.41) is 10.2. The molecule has 3 nitrogen and oxygen atoms in total. The number of rotatable bonds is 3. The van der Waals surface area contributed by atoms with Gasteiger partial charge in [0.1, 0.15) is 22.2 Å². The maximum atomic E-state index is 9.90. The molecule has 0 fully saturated rings. The summed E-state index contributed by atoms with van der Waals surface area (Å²) in [6.07, 6.45) is 0. The van der Waals surface area contributed by atoms with E-state index in [4.69, 9.17) is 27.9 Å². The molecule has 0 saturated carbocycles. The van der Waals surface area contributed by atoms with Crippen molar-refractivity contribution in [2.45, 2.75) is 12.5 Å². The Morgan fingerprint density at radius 3 is 2.71 bits per heavy atom. The summed E-state index contributed by atoms with van der Waals surface area (Å²) >= 11 is 11.3. The van der Waals surface area contributed by atoms with E-state index in [2.05, 4.69) is 4.98 Å². The third-order valence-electron chi connectivity index (χ3n) is 1.81. The second kappa shape index (κ2) is 4.34. The number of halogens is 2. The van der Waals surface area contributed by atoms with E-state index in [1.807, 2.05) is 0 Å². The molecule has 0 aliphatic carbocycles. The maximum Gasteiger partial charge on any atom is 0.143 e. The first kappa shape index (κ1) is 11.6. The van der Waals surface area contributed by atoms with Crippen LogP contribution in [0, 0.1) is 0 Å². The van der Waals surface area contributed by atoms with E-state index in [0.717, 1.165) is 0 Å². The van der Waals surface area contributed by atoms with Gasteiger partial charge in [0.2, 0.25) is 0 Å². The SMILES string of the molecule is COc1ccc(Cl)nc1[C@@](C)(O)CCl. The molecule has 1 aromatic heterocycles. The number of ether oxygens (including phenoxy) is 1. The Balaban J connectivity index is 3.23. The summed E-state index contributed by atoms with van der Waals surface area (Å²) < 4.78 is 5.05. The van der Waals surface area contributed by atoms with E-state index >= 15 is 0 Å². The van der Waals surface area contributed by atoms with Gasteiger partial charge < -0.3 is 9.84 Å². The summed E-state index contributed by atoms with van der Waals surface area (Å²) in [7, 11) is 1.50. The molecule has 0 radical (unpaired) electrons. The zero-order valence-electron chi connectivity index (χ0n) is 7.92. The molecule has 1 rings (SSSR count). The highest BCUT2D eigenvalue weighted by molar-refractivity contribution is 6.29. The summed E-state index contributed by atoms with van der Waals surface area (Å²) in [5.41, 5.74) is -0.889. The van der Waals surface area contributed by atoms with Gasteiger partial charge in [0.25, 0.3) is 0 Å². The fourth-order valence-corrected chi connectivity index (χ4v) is 1.31. The molecule has 1 atom stereocenters. The number of hydrogen-bond acceptors (Lipinski definition) is 3. The number of nitrogens with zero attached hydrogens (tertiary/aromatic N) is 1. The molecule has 0 bridgehead atoms. The molecule has 1 aromatic rings. The summed E-state index contributed by atoms with van der Waals surface area (Å²) in [6.45, 7) is 1.56. The first-order chi connectivity index (χ1) is 6.51. The highest BCUT2D eigenvalue weighted by atomic mass is 35.5. The predicted molar refractivity (Wildman–Crippen MR) is 56.1 cm³/mol. The van der Waals surface area contributed by atoms with Crippen molar-refractivity contribution < 1.29 is 9.84 Å². The predicted octanol–water partition coefficient (Wildman–Crippen LogP) is 2.19. The number of hydrogen-bond donors (Lipinski definition) is 1. The molecule has 78 valence electrons. The van der Waals surface area contributed by atoms with Gasteiger partial charge in [0.05, 0.1) is 13.0 Å². The van der Waals surface area contributed by atoms with Crippen molar-refractivity contribution >= 4 is 23.2 Å². The molecular weight excluding hydrogens is 225 g/mol. The van der Waals surface area contributed by atoms with Gasteiger partial charge in [0.15, 0.2) is 0 Å². The van der Waals surface area contributed by atoms with Crippen molar-refractivity contribution in [2.24, 2.45) is 0 Å². The Bertz CT molecular complexity index is 329. The number of methoxy groups -OCH3 is 1. The van der Waals surface area contributed by atoms with Crippen LogP contribution >= 0.6 is 23.2 Å². The van der Waals surface area contributed by atoms with Crippen LogP contribution in [0.15, 0.2) is 12.1 Å². The fourth-order valence-electron chi connectivity index (χ4n) is 1.04. The average Bonchev–Trinajstić information content (AvgIpc) is 2.18. The topological polar surface area (TPSA) is 42.4 Å². The molecule has 0 aliphatic rings. The number of pyridine rings is 1. The summed E-state index contributed by atoms with van der Waals surface area (Å²) in [6, 6.07) is 3.24. The molecule has 0 spiro atoms. The minimum atomic E-state index is -1.24. The van der Waals surface area contributed by atoms with E-state index in [1.54, 1.807) is 19.1 Å². The molecule has 0 amide bonds. The second-order valence-electron chi connectivity index (χ2n) is 3.09. The smallest absolute Gasteiger partial charge is 0.143 e. The molecular formula is C9H11Cl2NO2. The Morgan fingerprint density at radius 2 is 2.21 bits per heavy atom. The van der Waals surface area contributed by atoms with Gasteiger partial charge >= 0.3 is 0 Å². The van der Waals surface area contributed by atoms with Crippen molar-refractivity contribution in [2.75, 3.05) is 13.0 Å². The Morgan fingerprint density at radius 1 is 1.57 bits per heavy atom. The Hall–Kier alpha value is -0.510. The van der Waals surface area contributed by atoms with Crippen LogP contribution in [0.4, 0.5) is 0 Å². The summed E-state index contributed by atoms with van der Waals surface area (Å²) in [5.74, 6) is 0.497. The van der Waals surface area contributed by atoms with Crippen molar-refractivity contribution in [3.63, 3.8) is 0 Å². The van der Waals surface area contributed by atoms with Gasteiger partial charge in [-0.3, -0.25) is 0 Å². The minimum absolute atomic E-state index is 0.0245. The molecule has 14 heavy (non-hydrogen) atoms. The lowest BCUT2D eigenvalue weighted by atomic mass is 10.0. The van der Waals surface area contributed by atoms with Gasteiger partial charge in [0, 0.05) is 0 Å². The molecule has 1 heterocycles. The zero-order valence-corrected chi connectivity index (χ0v) is 9.43.